The van der Waals surface area contributed by atoms with Gasteiger partial charge in [0.25, 0.3) is 5.69 Å². The van der Waals surface area contributed by atoms with Crippen molar-refractivity contribution in [1.82, 2.24) is 5.32 Å². The van der Waals surface area contributed by atoms with Gasteiger partial charge >= 0.3 is 0 Å². The maximum atomic E-state index is 10.9. The van der Waals surface area contributed by atoms with Crippen LogP contribution in [0.1, 0.15) is 32.6 Å². The molecule has 0 aromatic heterocycles. The highest BCUT2D eigenvalue weighted by molar-refractivity contribution is 5.54. The van der Waals surface area contributed by atoms with Crippen molar-refractivity contribution >= 4 is 11.4 Å². The molecule has 1 aromatic carbocycles. The molecule has 0 aliphatic carbocycles. The molecule has 5 heteroatoms. The van der Waals surface area contributed by atoms with Gasteiger partial charge in [0.05, 0.1) is 4.92 Å². The third-order valence-corrected chi connectivity index (χ3v) is 4.60. The first-order valence-electron chi connectivity index (χ1n) is 7.44. The molecule has 1 N–H and O–H groups in total. The number of hydrogen-bond acceptors (Lipinski definition) is 4. The highest BCUT2D eigenvalue weighted by atomic mass is 16.6. The fourth-order valence-corrected chi connectivity index (χ4v) is 3.72. The average Bonchev–Trinajstić information content (AvgIpc) is 2.79. The van der Waals surface area contributed by atoms with E-state index in [2.05, 4.69) is 17.1 Å². The van der Waals surface area contributed by atoms with Crippen molar-refractivity contribution in [2.24, 2.45) is 0 Å². The molecule has 3 rings (SSSR count). The van der Waals surface area contributed by atoms with Crippen LogP contribution in [0.3, 0.4) is 0 Å². The van der Waals surface area contributed by atoms with E-state index in [9.17, 15) is 10.1 Å². The van der Waals surface area contributed by atoms with E-state index in [-0.39, 0.29) is 10.6 Å². The molecule has 2 aliphatic rings. The van der Waals surface area contributed by atoms with Gasteiger partial charge in [-0.1, -0.05) is 6.07 Å². The number of nitrogens with one attached hydrogen (secondary N) is 1. The Hall–Kier alpha value is -1.62. The van der Waals surface area contributed by atoms with E-state index >= 15 is 0 Å². The minimum Gasteiger partial charge on any atom is -0.369 e. The van der Waals surface area contributed by atoms with Crippen molar-refractivity contribution in [1.29, 1.82) is 0 Å². The number of rotatable bonds is 4. The van der Waals surface area contributed by atoms with Crippen molar-refractivity contribution < 1.29 is 4.92 Å². The summed E-state index contributed by atoms with van der Waals surface area (Å²) < 4.78 is 0. The third kappa shape index (κ3) is 2.50. The molecule has 0 spiro atoms. The largest absolute Gasteiger partial charge is 0.369 e. The Labute approximate surface area is 119 Å². The smallest absolute Gasteiger partial charge is 0.271 e. The molecule has 0 radical (unpaired) electrons. The SMILES string of the molecule is CCN(c1cccc([N+](=O)[O-])c1)C1CC2CCC(C1)N2. The van der Waals surface area contributed by atoms with E-state index in [1.807, 2.05) is 6.07 Å². The van der Waals surface area contributed by atoms with Gasteiger partial charge in [-0.3, -0.25) is 10.1 Å². The highest BCUT2D eigenvalue weighted by Gasteiger charge is 2.35. The van der Waals surface area contributed by atoms with Crippen LogP contribution in [-0.4, -0.2) is 29.6 Å². The van der Waals surface area contributed by atoms with E-state index in [0.29, 0.717) is 18.1 Å². The Balaban J connectivity index is 1.82. The first kappa shape index (κ1) is 13.4. The van der Waals surface area contributed by atoms with Crippen LogP contribution in [0.4, 0.5) is 11.4 Å². The lowest BCUT2D eigenvalue weighted by molar-refractivity contribution is -0.384. The predicted molar refractivity (Wildman–Crippen MR) is 79.1 cm³/mol. The fraction of sp³-hybridized carbons (Fsp3) is 0.600. The first-order chi connectivity index (χ1) is 9.67. The Kier molecular flexibility index (Phi) is 3.61. The summed E-state index contributed by atoms with van der Waals surface area (Å²) in [6.45, 7) is 3.02. The molecule has 5 nitrogen and oxygen atoms in total. The molecule has 2 heterocycles. The van der Waals surface area contributed by atoms with Crippen molar-refractivity contribution in [3.8, 4) is 0 Å². The molecule has 2 bridgehead atoms. The lowest BCUT2D eigenvalue weighted by Gasteiger charge is -2.38. The second kappa shape index (κ2) is 5.40. The van der Waals surface area contributed by atoms with Crippen molar-refractivity contribution in [3.05, 3.63) is 34.4 Å². The van der Waals surface area contributed by atoms with E-state index < -0.39 is 0 Å². The highest BCUT2D eigenvalue weighted by Crippen LogP contribution is 2.33. The molecule has 20 heavy (non-hydrogen) atoms. The summed E-state index contributed by atoms with van der Waals surface area (Å²) in [5, 5.41) is 14.6. The van der Waals surface area contributed by atoms with Crippen molar-refractivity contribution in [3.63, 3.8) is 0 Å². The molecule has 108 valence electrons. The summed E-state index contributed by atoms with van der Waals surface area (Å²) in [6.07, 6.45) is 4.83. The summed E-state index contributed by atoms with van der Waals surface area (Å²) in [5.41, 5.74) is 1.16. The van der Waals surface area contributed by atoms with Gasteiger partial charge in [0.15, 0.2) is 0 Å². The summed E-state index contributed by atoms with van der Waals surface area (Å²) in [4.78, 5) is 12.9. The van der Waals surface area contributed by atoms with Crippen LogP contribution in [-0.2, 0) is 0 Å². The van der Waals surface area contributed by atoms with Crippen LogP contribution < -0.4 is 10.2 Å². The number of anilines is 1. The number of hydrogen-bond donors (Lipinski definition) is 1. The molecule has 2 saturated heterocycles. The summed E-state index contributed by atoms with van der Waals surface area (Å²) >= 11 is 0. The van der Waals surface area contributed by atoms with Gasteiger partial charge in [0.1, 0.15) is 0 Å². The Morgan fingerprint density at radius 1 is 1.35 bits per heavy atom. The van der Waals surface area contributed by atoms with Gasteiger partial charge in [-0.2, -0.15) is 0 Å². The standard InChI is InChI=1S/C15H21N3O2/c1-2-17(13-4-3-5-14(10-13)18(19)20)15-8-11-6-7-12(9-15)16-11/h3-5,10-12,15-16H,2,6-9H2,1H3. The number of fused-ring (bicyclic) bond motifs is 2. The third-order valence-electron chi connectivity index (χ3n) is 4.60. The molecule has 2 aliphatic heterocycles. The van der Waals surface area contributed by atoms with Gasteiger partial charge in [-0.15, -0.1) is 0 Å². The monoisotopic (exact) mass is 275 g/mol. The Morgan fingerprint density at radius 3 is 2.65 bits per heavy atom. The molecule has 2 unspecified atom stereocenters. The minimum atomic E-state index is -0.316. The zero-order valence-electron chi connectivity index (χ0n) is 11.8. The zero-order chi connectivity index (χ0) is 14.1. The number of nitrogens with zero attached hydrogens (tertiary/aromatic N) is 2. The first-order valence-corrected chi connectivity index (χ1v) is 7.44. The lowest BCUT2D eigenvalue weighted by atomic mass is 9.97. The van der Waals surface area contributed by atoms with E-state index in [1.54, 1.807) is 18.2 Å². The van der Waals surface area contributed by atoms with Crippen molar-refractivity contribution in [2.75, 3.05) is 11.4 Å². The van der Waals surface area contributed by atoms with E-state index in [1.165, 1.54) is 12.8 Å². The normalized spacial score (nSPS) is 28.4. The maximum absolute atomic E-state index is 10.9. The van der Waals surface area contributed by atoms with Gasteiger partial charge < -0.3 is 10.2 Å². The van der Waals surface area contributed by atoms with Crippen LogP contribution in [0, 0.1) is 10.1 Å². The lowest BCUT2D eigenvalue weighted by Crippen LogP contribution is -2.48. The number of benzene rings is 1. The van der Waals surface area contributed by atoms with Gasteiger partial charge in [-0.05, 0) is 38.7 Å². The Bertz CT molecular complexity index is 494. The topological polar surface area (TPSA) is 58.4 Å². The van der Waals surface area contributed by atoms with Crippen LogP contribution in [0.25, 0.3) is 0 Å². The molecular formula is C15H21N3O2. The number of nitro groups is 1. The second-order valence-corrected chi connectivity index (χ2v) is 5.83. The van der Waals surface area contributed by atoms with Gasteiger partial charge in [-0.25, -0.2) is 0 Å². The molecule has 1 aromatic rings. The van der Waals surface area contributed by atoms with E-state index in [0.717, 1.165) is 25.1 Å². The molecule has 0 saturated carbocycles. The van der Waals surface area contributed by atoms with E-state index in [4.69, 9.17) is 0 Å². The number of piperidine rings is 1. The maximum Gasteiger partial charge on any atom is 0.271 e. The molecule has 0 amide bonds. The zero-order valence-corrected chi connectivity index (χ0v) is 11.8. The predicted octanol–water partition coefficient (Wildman–Crippen LogP) is 2.70. The van der Waals surface area contributed by atoms with Crippen LogP contribution >= 0.6 is 0 Å². The average molecular weight is 275 g/mol. The van der Waals surface area contributed by atoms with Gasteiger partial charge in [0.2, 0.25) is 0 Å². The minimum absolute atomic E-state index is 0.179. The van der Waals surface area contributed by atoms with Crippen LogP contribution in [0.15, 0.2) is 24.3 Å². The Morgan fingerprint density at radius 2 is 2.05 bits per heavy atom. The van der Waals surface area contributed by atoms with Crippen molar-refractivity contribution in [2.45, 2.75) is 50.7 Å². The quantitative estimate of drug-likeness (QED) is 0.678. The van der Waals surface area contributed by atoms with Gasteiger partial charge in [0, 0.05) is 42.5 Å². The fourth-order valence-electron chi connectivity index (χ4n) is 3.72. The molecular weight excluding hydrogens is 254 g/mol. The summed E-state index contributed by atoms with van der Waals surface area (Å²) in [7, 11) is 0. The number of nitro benzene ring substituents is 1. The van der Waals surface area contributed by atoms with Crippen LogP contribution in [0.2, 0.25) is 0 Å². The molecule has 2 atom stereocenters. The second-order valence-electron chi connectivity index (χ2n) is 5.83. The summed E-state index contributed by atoms with van der Waals surface area (Å²) in [6, 6.07) is 8.79. The summed E-state index contributed by atoms with van der Waals surface area (Å²) in [5.74, 6) is 0. The van der Waals surface area contributed by atoms with Crippen LogP contribution in [0.5, 0.6) is 0 Å². The molecule has 2 fully saturated rings. The number of non-ortho nitro benzene ring substituents is 1.